The summed E-state index contributed by atoms with van der Waals surface area (Å²) < 4.78 is 7.17. The van der Waals surface area contributed by atoms with Gasteiger partial charge in [0.25, 0.3) is 0 Å². The number of hydrogen-bond donors (Lipinski definition) is 3. The van der Waals surface area contributed by atoms with E-state index in [9.17, 15) is 5.11 Å². The Bertz CT molecular complexity index is 800. The lowest BCUT2D eigenvalue weighted by Gasteiger charge is -2.27. The van der Waals surface area contributed by atoms with Gasteiger partial charge < -0.3 is 25.0 Å². The number of aryl methyl sites for hydroxylation is 1. The molecule has 0 atom stereocenters. The van der Waals surface area contributed by atoms with Crippen LogP contribution in [-0.2, 0) is 20.0 Å². The molecular weight excluding hydrogens is 495 g/mol. The largest absolute Gasteiger partial charge is 0.497 e. The third kappa shape index (κ3) is 7.12. The van der Waals surface area contributed by atoms with Crippen LogP contribution in [0.5, 0.6) is 5.75 Å². The first-order valence-corrected chi connectivity index (χ1v) is 10.3. The van der Waals surface area contributed by atoms with Gasteiger partial charge in [0.05, 0.1) is 13.2 Å². The summed E-state index contributed by atoms with van der Waals surface area (Å²) >= 11 is 0. The number of nitrogens with one attached hydrogen (secondary N) is 2. The molecule has 1 aromatic carbocycles. The molecule has 1 heterocycles. The highest BCUT2D eigenvalue weighted by Crippen LogP contribution is 2.18. The normalized spacial score (nSPS) is 19.1. The zero-order valence-corrected chi connectivity index (χ0v) is 20.3. The van der Waals surface area contributed by atoms with E-state index < -0.39 is 0 Å². The Morgan fingerprint density at radius 3 is 2.50 bits per heavy atom. The van der Waals surface area contributed by atoms with Gasteiger partial charge in [-0.05, 0) is 56.7 Å². The van der Waals surface area contributed by atoms with E-state index in [4.69, 9.17) is 9.73 Å². The topological polar surface area (TPSA) is 96.6 Å². The molecule has 30 heavy (non-hydrogen) atoms. The zero-order valence-electron chi connectivity index (χ0n) is 18.0. The average molecular weight is 528 g/mol. The summed E-state index contributed by atoms with van der Waals surface area (Å²) in [7, 11) is 3.63. The number of aliphatic hydroxyl groups is 1. The Balaban J connectivity index is 0.00000320. The minimum absolute atomic E-state index is 0. The van der Waals surface area contributed by atoms with Crippen LogP contribution in [0.25, 0.3) is 0 Å². The van der Waals surface area contributed by atoms with Crippen LogP contribution in [0.15, 0.2) is 29.3 Å². The van der Waals surface area contributed by atoms with E-state index in [1.807, 2.05) is 30.7 Å². The Morgan fingerprint density at radius 2 is 1.90 bits per heavy atom. The van der Waals surface area contributed by atoms with Gasteiger partial charge in [0.15, 0.2) is 11.8 Å². The molecular formula is C21H33IN6O2. The highest BCUT2D eigenvalue weighted by molar-refractivity contribution is 14.0. The van der Waals surface area contributed by atoms with Crippen LogP contribution >= 0.6 is 24.0 Å². The number of guanidine groups is 1. The predicted molar refractivity (Wildman–Crippen MR) is 128 cm³/mol. The SMILES string of the molecule is COc1ccc(CCNC(=NCc2nnc(C)n2C)NC2CCC(O)CC2)cc1.I. The molecule has 0 spiro atoms. The van der Waals surface area contributed by atoms with Crippen molar-refractivity contribution in [1.29, 1.82) is 0 Å². The van der Waals surface area contributed by atoms with Crippen molar-refractivity contribution in [3.8, 4) is 5.75 Å². The van der Waals surface area contributed by atoms with E-state index in [2.05, 4.69) is 33.0 Å². The van der Waals surface area contributed by atoms with Crippen LogP contribution in [-0.4, -0.2) is 51.6 Å². The molecule has 0 aliphatic heterocycles. The molecule has 3 rings (SSSR count). The average Bonchev–Trinajstić information content (AvgIpc) is 3.06. The van der Waals surface area contributed by atoms with Gasteiger partial charge in [0.1, 0.15) is 18.1 Å². The van der Waals surface area contributed by atoms with E-state index >= 15 is 0 Å². The molecule has 8 nitrogen and oxygen atoms in total. The van der Waals surface area contributed by atoms with Gasteiger partial charge in [-0.1, -0.05) is 12.1 Å². The Hall–Kier alpha value is -1.88. The summed E-state index contributed by atoms with van der Waals surface area (Å²) in [6.45, 7) is 3.16. The molecule has 0 radical (unpaired) electrons. The minimum Gasteiger partial charge on any atom is -0.497 e. The minimum atomic E-state index is -0.168. The summed E-state index contributed by atoms with van der Waals surface area (Å²) in [5, 5.41) is 25.0. The van der Waals surface area contributed by atoms with Crippen LogP contribution in [0.1, 0.15) is 42.9 Å². The lowest BCUT2D eigenvalue weighted by Crippen LogP contribution is -2.46. The van der Waals surface area contributed by atoms with Gasteiger partial charge >= 0.3 is 0 Å². The highest BCUT2D eigenvalue weighted by atomic mass is 127. The number of methoxy groups -OCH3 is 1. The summed E-state index contributed by atoms with van der Waals surface area (Å²) in [6, 6.07) is 8.44. The van der Waals surface area contributed by atoms with Gasteiger partial charge in [0, 0.05) is 19.6 Å². The number of aromatic nitrogens is 3. The van der Waals surface area contributed by atoms with E-state index in [0.29, 0.717) is 12.6 Å². The molecule has 0 bridgehead atoms. The first kappa shape index (κ1) is 24.4. The molecule has 0 amide bonds. The first-order valence-electron chi connectivity index (χ1n) is 10.3. The highest BCUT2D eigenvalue weighted by Gasteiger charge is 2.20. The molecule has 166 valence electrons. The fourth-order valence-electron chi connectivity index (χ4n) is 3.42. The van der Waals surface area contributed by atoms with E-state index in [1.165, 1.54) is 5.56 Å². The summed E-state index contributed by atoms with van der Waals surface area (Å²) in [4.78, 5) is 4.73. The Kier molecular flexibility index (Phi) is 9.83. The second kappa shape index (κ2) is 12.1. The predicted octanol–water partition coefficient (Wildman–Crippen LogP) is 2.33. The van der Waals surface area contributed by atoms with Crippen molar-refractivity contribution in [3.05, 3.63) is 41.5 Å². The van der Waals surface area contributed by atoms with Crippen LogP contribution in [0.4, 0.5) is 0 Å². The first-order chi connectivity index (χ1) is 14.0. The second-order valence-electron chi connectivity index (χ2n) is 7.56. The van der Waals surface area contributed by atoms with Crippen LogP contribution in [0, 0.1) is 6.92 Å². The maximum Gasteiger partial charge on any atom is 0.191 e. The fraction of sp³-hybridized carbons (Fsp3) is 0.571. The quantitative estimate of drug-likeness (QED) is 0.290. The van der Waals surface area contributed by atoms with Crippen LogP contribution in [0.2, 0.25) is 0 Å². The van der Waals surface area contributed by atoms with Crippen molar-refractivity contribution in [2.24, 2.45) is 12.0 Å². The summed E-state index contributed by atoms with van der Waals surface area (Å²) in [6.07, 6.45) is 4.28. The number of ether oxygens (including phenoxy) is 1. The Labute approximate surface area is 195 Å². The summed E-state index contributed by atoms with van der Waals surface area (Å²) in [5.41, 5.74) is 1.24. The maximum absolute atomic E-state index is 9.75. The van der Waals surface area contributed by atoms with Crippen molar-refractivity contribution in [1.82, 2.24) is 25.4 Å². The number of aliphatic imine (C=N–C) groups is 1. The molecule has 1 fully saturated rings. The summed E-state index contributed by atoms with van der Waals surface area (Å²) in [5.74, 6) is 3.35. The molecule has 3 N–H and O–H groups in total. The monoisotopic (exact) mass is 528 g/mol. The van der Waals surface area contributed by atoms with E-state index in [-0.39, 0.29) is 30.1 Å². The van der Waals surface area contributed by atoms with Gasteiger partial charge in [-0.15, -0.1) is 34.2 Å². The van der Waals surface area contributed by atoms with Crippen molar-refractivity contribution in [2.45, 2.75) is 57.7 Å². The number of halogens is 1. The van der Waals surface area contributed by atoms with Gasteiger partial charge in [-0.2, -0.15) is 0 Å². The second-order valence-corrected chi connectivity index (χ2v) is 7.56. The van der Waals surface area contributed by atoms with E-state index in [1.54, 1.807) is 7.11 Å². The Morgan fingerprint density at radius 1 is 1.20 bits per heavy atom. The smallest absolute Gasteiger partial charge is 0.191 e. The molecule has 1 aliphatic rings. The number of aliphatic hydroxyl groups excluding tert-OH is 1. The molecule has 1 saturated carbocycles. The molecule has 0 unspecified atom stereocenters. The van der Waals surface area contributed by atoms with Crippen molar-refractivity contribution >= 4 is 29.9 Å². The van der Waals surface area contributed by atoms with E-state index in [0.717, 1.165) is 62.0 Å². The molecule has 9 heteroatoms. The molecule has 0 saturated heterocycles. The zero-order chi connectivity index (χ0) is 20.6. The van der Waals surface area contributed by atoms with Crippen LogP contribution in [0.3, 0.4) is 0 Å². The van der Waals surface area contributed by atoms with Crippen molar-refractivity contribution < 1.29 is 9.84 Å². The lowest BCUT2D eigenvalue weighted by atomic mass is 9.93. The molecule has 1 aromatic heterocycles. The number of rotatable bonds is 7. The van der Waals surface area contributed by atoms with Crippen molar-refractivity contribution in [2.75, 3.05) is 13.7 Å². The third-order valence-corrected chi connectivity index (χ3v) is 5.46. The fourth-order valence-corrected chi connectivity index (χ4v) is 3.42. The standard InChI is InChI=1S/C21H32N6O2.HI/c1-15-25-26-20(27(15)2)14-23-21(24-17-6-8-18(28)9-7-17)22-13-12-16-4-10-19(29-3)11-5-16;/h4-5,10-11,17-18,28H,6-9,12-14H2,1-3H3,(H2,22,23,24);1H. The van der Waals surface area contributed by atoms with Gasteiger partial charge in [-0.3, -0.25) is 0 Å². The maximum atomic E-state index is 9.75. The number of benzene rings is 1. The lowest BCUT2D eigenvalue weighted by molar-refractivity contribution is 0.120. The van der Waals surface area contributed by atoms with Gasteiger partial charge in [0.2, 0.25) is 0 Å². The molecule has 2 aromatic rings. The number of hydrogen-bond acceptors (Lipinski definition) is 5. The van der Waals surface area contributed by atoms with Gasteiger partial charge in [-0.25, -0.2) is 4.99 Å². The third-order valence-electron chi connectivity index (χ3n) is 5.46. The number of nitrogens with zero attached hydrogens (tertiary/aromatic N) is 4. The van der Waals surface area contributed by atoms with Crippen LogP contribution < -0.4 is 15.4 Å². The molecule has 1 aliphatic carbocycles. The van der Waals surface area contributed by atoms with Crippen molar-refractivity contribution in [3.63, 3.8) is 0 Å².